The lowest BCUT2D eigenvalue weighted by Crippen LogP contribution is -2.37. The van der Waals surface area contributed by atoms with Crippen molar-refractivity contribution in [1.82, 2.24) is 14.2 Å². The molecule has 33 heavy (non-hydrogen) atoms. The third-order valence-corrected chi connectivity index (χ3v) is 8.92. The minimum atomic E-state index is -3.69. The van der Waals surface area contributed by atoms with Crippen LogP contribution in [0.4, 0.5) is 0 Å². The van der Waals surface area contributed by atoms with Gasteiger partial charge in [-0.3, -0.25) is 9.59 Å². The second-order valence-electron chi connectivity index (χ2n) is 9.32. The van der Waals surface area contributed by atoms with E-state index < -0.39 is 15.5 Å². The zero-order chi connectivity index (χ0) is 23.4. The lowest BCUT2D eigenvalue weighted by Gasteiger charge is -2.21. The smallest absolute Gasteiger partial charge is 0.256 e. The van der Waals surface area contributed by atoms with Crippen LogP contribution < -0.4 is 10.7 Å². The first kappa shape index (κ1) is 24.0. The minimum Gasteiger partial charge on any atom is -0.349 e. The van der Waals surface area contributed by atoms with Crippen molar-refractivity contribution in [3.05, 3.63) is 40.2 Å². The molecule has 4 rings (SSSR count). The van der Waals surface area contributed by atoms with Crippen LogP contribution in [-0.4, -0.2) is 42.3 Å². The van der Waals surface area contributed by atoms with Crippen LogP contribution in [0.25, 0.3) is 10.9 Å². The van der Waals surface area contributed by atoms with Crippen molar-refractivity contribution >= 4 is 26.8 Å². The van der Waals surface area contributed by atoms with Gasteiger partial charge >= 0.3 is 0 Å². The number of benzene rings is 1. The summed E-state index contributed by atoms with van der Waals surface area (Å²) in [5.74, 6) is -0.364. The summed E-state index contributed by atoms with van der Waals surface area (Å²) >= 11 is 0. The van der Waals surface area contributed by atoms with Gasteiger partial charge in [-0.05, 0) is 50.8 Å². The number of rotatable bonds is 5. The molecule has 2 heterocycles. The summed E-state index contributed by atoms with van der Waals surface area (Å²) in [6.45, 7) is 3.52. The predicted molar refractivity (Wildman–Crippen MR) is 130 cm³/mol. The molecule has 180 valence electrons. The van der Waals surface area contributed by atoms with Crippen molar-refractivity contribution in [2.75, 3.05) is 13.1 Å². The fourth-order valence-corrected chi connectivity index (χ4v) is 6.62. The van der Waals surface area contributed by atoms with E-state index in [9.17, 15) is 18.0 Å². The standard InChI is InChI=1S/C25H35N3O4S/c1-2-27-18-22(25(30)26-19-11-7-3-4-8-12-19)24(29)21-17-20(13-14-23(21)27)33(31,32)28-15-9-5-6-10-16-28/h13-14,17-19H,2-12,15-16H2,1H3,(H,26,30). The molecule has 1 aliphatic carbocycles. The Morgan fingerprint density at radius 3 is 2.27 bits per heavy atom. The molecule has 2 aromatic rings. The third-order valence-electron chi connectivity index (χ3n) is 7.03. The molecule has 2 fully saturated rings. The molecule has 1 aromatic carbocycles. The minimum absolute atomic E-state index is 0.0814. The number of fused-ring (bicyclic) bond motifs is 1. The van der Waals surface area contributed by atoms with E-state index in [0.29, 0.717) is 25.2 Å². The van der Waals surface area contributed by atoms with Crippen LogP contribution >= 0.6 is 0 Å². The highest BCUT2D eigenvalue weighted by Crippen LogP contribution is 2.24. The number of aromatic nitrogens is 1. The predicted octanol–water partition coefficient (Wildman–Crippen LogP) is 4.04. The Hall–Kier alpha value is -2.19. The Labute approximate surface area is 196 Å². The Balaban J connectivity index is 1.72. The van der Waals surface area contributed by atoms with Gasteiger partial charge < -0.3 is 9.88 Å². The van der Waals surface area contributed by atoms with Crippen LogP contribution in [-0.2, 0) is 16.6 Å². The lowest BCUT2D eigenvalue weighted by molar-refractivity contribution is 0.0931. The largest absolute Gasteiger partial charge is 0.349 e. The summed E-state index contributed by atoms with van der Waals surface area (Å²) in [5.41, 5.74) is 0.315. The van der Waals surface area contributed by atoms with Crippen LogP contribution in [0.3, 0.4) is 0 Å². The zero-order valence-corrected chi connectivity index (χ0v) is 20.3. The molecule has 0 spiro atoms. The van der Waals surface area contributed by atoms with Gasteiger partial charge in [0.15, 0.2) is 0 Å². The van der Waals surface area contributed by atoms with Gasteiger partial charge in [-0.1, -0.05) is 38.5 Å². The van der Waals surface area contributed by atoms with Gasteiger partial charge in [0, 0.05) is 37.3 Å². The highest BCUT2D eigenvalue weighted by Gasteiger charge is 2.26. The van der Waals surface area contributed by atoms with Crippen molar-refractivity contribution in [2.24, 2.45) is 0 Å². The summed E-state index contributed by atoms with van der Waals surface area (Å²) in [7, 11) is -3.69. The molecule has 0 radical (unpaired) electrons. The van der Waals surface area contributed by atoms with Crippen LogP contribution in [0.1, 0.15) is 81.5 Å². The average Bonchev–Trinajstić information content (AvgIpc) is 3.25. The molecule has 1 saturated heterocycles. The molecule has 0 atom stereocenters. The van der Waals surface area contributed by atoms with Crippen LogP contribution in [0.2, 0.25) is 0 Å². The SMILES string of the molecule is CCn1cc(C(=O)NC2CCCCCC2)c(=O)c2cc(S(=O)(=O)N3CCCCCC3)ccc21. The zero-order valence-electron chi connectivity index (χ0n) is 19.5. The summed E-state index contributed by atoms with van der Waals surface area (Å²) in [6, 6.07) is 4.82. The molecule has 1 amide bonds. The van der Waals surface area contributed by atoms with E-state index in [1.165, 1.54) is 23.2 Å². The monoisotopic (exact) mass is 473 g/mol. The Bertz CT molecular complexity index is 1160. The summed E-state index contributed by atoms with van der Waals surface area (Å²) in [6.07, 6.45) is 11.8. The number of hydrogen-bond donors (Lipinski definition) is 1. The second kappa shape index (κ2) is 10.4. The van der Waals surface area contributed by atoms with E-state index in [-0.39, 0.29) is 27.8 Å². The number of nitrogens with one attached hydrogen (secondary N) is 1. The number of aryl methyl sites for hydroxylation is 1. The van der Waals surface area contributed by atoms with Gasteiger partial charge in [0.2, 0.25) is 15.5 Å². The van der Waals surface area contributed by atoms with Crippen molar-refractivity contribution in [1.29, 1.82) is 0 Å². The first-order valence-electron chi connectivity index (χ1n) is 12.4. The van der Waals surface area contributed by atoms with Crippen molar-refractivity contribution < 1.29 is 13.2 Å². The van der Waals surface area contributed by atoms with Crippen LogP contribution in [0.5, 0.6) is 0 Å². The number of nitrogens with zero attached hydrogens (tertiary/aromatic N) is 2. The molecule has 1 aliphatic heterocycles. The topological polar surface area (TPSA) is 88.5 Å². The second-order valence-corrected chi connectivity index (χ2v) is 11.3. The fraction of sp³-hybridized carbons (Fsp3) is 0.600. The van der Waals surface area contributed by atoms with Gasteiger partial charge in [0.1, 0.15) is 5.56 Å². The van der Waals surface area contributed by atoms with Crippen molar-refractivity contribution in [3.8, 4) is 0 Å². The number of carbonyl (C=O) groups excluding carboxylic acids is 1. The molecule has 1 aromatic heterocycles. The molecule has 8 heteroatoms. The fourth-order valence-electron chi connectivity index (χ4n) is 5.08. The van der Waals surface area contributed by atoms with Gasteiger partial charge in [-0.25, -0.2) is 8.42 Å². The average molecular weight is 474 g/mol. The van der Waals surface area contributed by atoms with Gasteiger partial charge in [-0.2, -0.15) is 4.31 Å². The molecule has 0 unspecified atom stereocenters. The van der Waals surface area contributed by atoms with E-state index in [4.69, 9.17) is 0 Å². The number of carbonyl (C=O) groups is 1. The summed E-state index contributed by atoms with van der Waals surface area (Å²) in [5, 5.41) is 3.34. The number of amides is 1. The van der Waals surface area contributed by atoms with Crippen molar-refractivity contribution in [2.45, 2.75) is 88.6 Å². The Morgan fingerprint density at radius 2 is 1.64 bits per heavy atom. The van der Waals surface area contributed by atoms with E-state index in [1.807, 2.05) is 11.5 Å². The highest BCUT2D eigenvalue weighted by molar-refractivity contribution is 7.89. The third kappa shape index (κ3) is 5.17. The Kier molecular flexibility index (Phi) is 7.54. The molecular weight excluding hydrogens is 438 g/mol. The van der Waals surface area contributed by atoms with Gasteiger partial charge in [-0.15, -0.1) is 0 Å². The summed E-state index contributed by atoms with van der Waals surface area (Å²) in [4.78, 5) is 26.6. The summed E-state index contributed by atoms with van der Waals surface area (Å²) < 4.78 is 30.0. The number of pyridine rings is 1. The molecule has 2 aliphatic rings. The quantitative estimate of drug-likeness (QED) is 0.664. The normalized spacial score (nSPS) is 19.2. The van der Waals surface area contributed by atoms with Crippen LogP contribution in [0, 0.1) is 0 Å². The maximum atomic E-state index is 13.4. The molecule has 1 N–H and O–H groups in total. The first-order valence-corrected chi connectivity index (χ1v) is 13.8. The van der Waals surface area contributed by atoms with Crippen LogP contribution in [0.15, 0.2) is 34.1 Å². The molecule has 7 nitrogen and oxygen atoms in total. The molecule has 0 bridgehead atoms. The van der Waals surface area contributed by atoms with Gasteiger partial charge in [0.05, 0.1) is 10.4 Å². The van der Waals surface area contributed by atoms with E-state index in [0.717, 1.165) is 51.4 Å². The molecule has 1 saturated carbocycles. The maximum Gasteiger partial charge on any atom is 0.256 e. The van der Waals surface area contributed by atoms with Gasteiger partial charge in [0.25, 0.3) is 5.91 Å². The van der Waals surface area contributed by atoms with E-state index >= 15 is 0 Å². The van der Waals surface area contributed by atoms with Crippen molar-refractivity contribution in [3.63, 3.8) is 0 Å². The molecular formula is C25H35N3O4S. The Morgan fingerprint density at radius 1 is 1.00 bits per heavy atom. The van der Waals surface area contributed by atoms with E-state index in [2.05, 4.69) is 5.32 Å². The highest BCUT2D eigenvalue weighted by atomic mass is 32.2. The maximum absolute atomic E-state index is 13.4. The lowest BCUT2D eigenvalue weighted by atomic mass is 10.1. The van der Waals surface area contributed by atoms with E-state index in [1.54, 1.807) is 18.3 Å². The first-order chi connectivity index (χ1) is 15.9. The number of sulfonamides is 1. The number of hydrogen-bond acceptors (Lipinski definition) is 4.